The van der Waals surface area contributed by atoms with Crippen LogP contribution in [0.5, 0.6) is 0 Å². The summed E-state index contributed by atoms with van der Waals surface area (Å²) in [4.78, 5) is 6.71. The van der Waals surface area contributed by atoms with E-state index < -0.39 is 0 Å². The summed E-state index contributed by atoms with van der Waals surface area (Å²) in [5.74, 6) is 1.25. The van der Waals surface area contributed by atoms with Gasteiger partial charge < -0.3 is 10.6 Å². The lowest BCUT2D eigenvalue weighted by Crippen LogP contribution is -2.49. The van der Waals surface area contributed by atoms with Gasteiger partial charge in [-0.2, -0.15) is 0 Å². The predicted molar refractivity (Wildman–Crippen MR) is 81.2 cm³/mol. The number of aliphatic imine (C=N–C) groups is 1. The molecular weight excluding hydrogens is 234 g/mol. The van der Waals surface area contributed by atoms with Crippen LogP contribution in [0.2, 0.25) is 0 Å². The lowest BCUT2D eigenvalue weighted by Gasteiger charge is -2.38. The molecule has 1 atom stereocenters. The van der Waals surface area contributed by atoms with Gasteiger partial charge in [0.1, 0.15) is 0 Å². The van der Waals surface area contributed by atoms with Crippen molar-refractivity contribution < 1.29 is 0 Å². The number of hydrogen-bond donors (Lipinski definition) is 1. The quantitative estimate of drug-likeness (QED) is 0.903. The molecule has 0 amide bonds. The molecule has 19 heavy (non-hydrogen) atoms. The maximum absolute atomic E-state index is 6.07. The van der Waals surface area contributed by atoms with Crippen molar-refractivity contribution in [1.29, 1.82) is 0 Å². The van der Waals surface area contributed by atoms with Crippen LogP contribution in [0, 0.1) is 5.92 Å². The minimum absolute atomic E-state index is 0.0966. The Bertz CT molecular complexity index is 461. The molecule has 0 aromatic heterocycles. The number of guanidine groups is 1. The first kappa shape index (κ1) is 13.9. The van der Waals surface area contributed by atoms with Gasteiger partial charge in [-0.15, -0.1) is 0 Å². The Morgan fingerprint density at radius 1 is 1.32 bits per heavy atom. The minimum atomic E-state index is -0.0966. The van der Waals surface area contributed by atoms with Crippen LogP contribution in [0.4, 0.5) is 0 Å². The van der Waals surface area contributed by atoms with Crippen LogP contribution in [0.15, 0.2) is 29.3 Å². The summed E-state index contributed by atoms with van der Waals surface area (Å²) in [6, 6.07) is 8.87. The average molecular weight is 259 g/mol. The molecule has 1 aromatic carbocycles. The summed E-state index contributed by atoms with van der Waals surface area (Å²) in [5, 5.41) is 0. The van der Waals surface area contributed by atoms with Gasteiger partial charge in [-0.3, -0.25) is 4.99 Å². The highest BCUT2D eigenvalue weighted by Gasteiger charge is 2.39. The normalized spacial score (nSPS) is 23.0. The summed E-state index contributed by atoms with van der Waals surface area (Å²) in [6.07, 6.45) is 1.07. The Hall–Kier alpha value is -1.51. The Morgan fingerprint density at radius 3 is 2.47 bits per heavy atom. The molecule has 1 aromatic rings. The summed E-state index contributed by atoms with van der Waals surface area (Å²) < 4.78 is 0. The van der Waals surface area contributed by atoms with E-state index in [1.165, 1.54) is 11.1 Å². The van der Waals surface area contributed by atoms with Gasteiger partial charge in [0.15, 0.2) is 5.96 Å². The maximum atomic E-state index is 6.07. The van der Waals surface area contributed by atoms with E-state index in [-0.39, 0.29) is 5.54 Å². The third kappa shape index (κ3) is 2.60. The standard InChI is InChI=1S/C16H25N3/c1-5-13-6-8-14(9-7-13)16(4)11-18-15(17)19(16)10-12(2)3/h6-9,12H,5,10-11H2,1-4H3,(H2,17,18). The highest BCUT2D eigenvalue weighted by molar-refractivity contribution is 5.81. The van der Waals surface area contributed by atoms with Crippen molar-refractivity contribution in [2.45, 2.75) is 39.7 Å². The van der Waals surface area contributed by atoms with Gasteiger partial charge in [-0.25, -0.2) is 0 Å². The Morgan fingerprint density at radius 2 is 1.95 bits per heavy atom. The predicted octanol–water partition coefficient (Wildman–Crippen LogP) is 2.75. The second kappa shape index (κ2) is 5.24. The van der Waals surface area contributed by atoms with E-state index in [2.05, 4.69) is 61.9 Å². The topological polar surface area (TPSA) is 41.6 Å². The molecule has 1 heterocycles. The van der Waals surface area contributed by atoms with Crippen LogP contribution >= 0.6 is 0 Å². The largest absolute Gasteiger partial charge is 0.370 e. The van der Waals surface area contributed by atoms with Crippen molar-refractivity contribution in [2.75, 3.05) is 13.1 Å². The smallest absolute Gasteiger partial charge is 0.192 e. The van der Waals surface area contributed by atoms with Crippen LogP contribution in [0.1, 0.15) is 38.8 Å². The van der Waals surface area contributed by atoms with Crippen molar-refractivity contribution >= 4 is 5.96 Å². The van der Waals surface area contributed by atoms with Gasteiger partial charge >= 0.3 is 0 Å². The van der Waals surface area contributed by atoms with Crippen LogP contribution in [0.3, 0.4) is 0 Å². The Kier molecular flexibility index (Phi) is 3.83. The third-order valence-electron chi connectivity index (χ3n) is 3.95. The van der Waals surface area contributed by atoms with Gasteiger partial charge in [0.25, 0.3) is 0 Å². The molecule has 0 saturated carbocycles. The minimum Gasteiger partial charge on any atom is -0.370 e. The first-order valence-corrected chi connectivity index (χ1v) is 7.14. The number of nitrogens with zero attached hydrogens (tertiary/aromatic N) is 2. The van der Waals surface area contributed by atoms with Crippen LogP contribution in [-0.2, 0) is 12.0 Å². The maximum Gasteiger partial charge on any atom is 0.192 e. The lowest BCUT2D eigenvalue weighted by molar-refractivity contribution is 0.204. The molecule has 1 aliphatic rings. The molecule has 104 valence electrons. The summed E-state index contributed by atoms with van der Waals surface area (Å²) in [5.41, 5.74) is 8.65. The number of hydrogen-bond acceptors (Lipinski definition) is 3. The zero-order valence-electron chi connectivity index (χ0n) is 12.5. The molecule has 0 spiro atoms. The fraction of sp³-hybridized carbons (Fsp3) is 0.562. The zero-order chi connectivity index (χ0) is 14.0. The van der Waals surface area contributed by atoms with E-state index in [1.54, 1.807) is 0 Å². The number of nitrogens with two attached hydrogens (primary N) is 1. The number of benzene rings is 1. The van der Waals surface area contributed by atoms with Crippen molar-refractivity contribution in [1.82, 2.24) is 4.90 Å². The highest BCUT2D eigenvalue weighted by atomic mass is 15.4. The fourth-order valence-electron chi connectivity index (χ4n) is 2.67. The second-order valence-electron chi connectivity index (χ2n) is 6.00. The van der Waals surface area contributed by atoms with Crippen molar-refractivity contribution in [3.05, 3.63) is 35.4 Å². The molecule has 3 nitrogen and oxygen atoms in total. The average Bonchev–Trinajstić information content (AvgIpc) is 2.68. The van der Waals surface area contributed by atoms with E-state index in [9.17, 15) is 0 Å². The van der Waals surface area contributed by atoms with Crippen molar-refractivity contribution in [3.8, 4) is 0 Å². The molecule has 0 saturated heterocycles. The van der Waals surface area contributed by atoms with E-state index in [0.717, 1.165) is 19.5 Å². The van der Waals surface area contributed by atoms with E-state index in [1.807, 2.05) is 0 Å². The van der Waals surface area contributed by atoms with Gasteiger partial charge in [0.05, 0.1) is 12.1 Å². The lowest BCUT2D eigenvalue weighted by atomic mass is 9.89. The molecule has 0 radical (unpaired) electrons. The molecule has 0 bridgehead atoms. The molecule has 2 rings (SSSR count). The third-order valence-corrected chi connectivity index (χ3v) is 3.95. The molecule has 0 fully saturated rings. The monoisotopic (exact) mass is 259 g/mol. The molecule has 3 heteroatoms. The first-order valence-electron chi connectivity index (χ1n) is 7.14. The fourth-order valence-corrected chi connectivity index (χ4v) is 2.67. The van der Waals surface area contributed by atoms with Gasteiger partial charge in [0.2, 0.25) is 0 Å². The van der Waals surface area contributed by atoms with Crippen LogP contribution < -0.4 is 5.73 Å². The zero-order valence-corrected chi connectivity index (χ0v) is 12.5. The van der Waals surface area contributed by atoms with Crippen molar-refractivity contribution in [2.24, 2.45) is 16.6 Å². The Labute approximate surface area is 116 Å². The summed E-state index contributed by atoms with van der Waals surface area (Å²) in [7, 11) is 0. The SMILES string of the molecule is CCc1ccc(C2(C)CN=C(N)N2CC(C)C)cc1. The highest BCUT2D eigenvalue weighted by Crippen LogP contribution is 2.33. The second-order valence-corrected chi connectivity index (χ2v) is 6.00. The molecule has 1 aliphatic heterocycles. The molecular formula is C16H25N3. The van der Waals surface area contributed by atoms with E-state index in [0.29, 0.717) is 11.9 Å². The van der Waals surface area contributed by atoms with E-state index in [4.69, 9.17) is 5.73 Å². The first-order chi connectivity index (χ1) is 8.97. The molecule has 0 aliphatic carbocycles. The van der Waals surface area contributed by atoms with Gasteiger partial charge in [-0.1, -0.05) is 45.0 Å². The Balaban J connectivity index is 2.29. The number of aryl methyl sites for hydroxylation is 1. The van der Waals surface area contributed by atoms with Gasteiger partial charge in [0, 0.05) is 6.54 Å². The molecule has 1 unspecified atom stereocenters. The van der Waals surface area contributed by atoms with E-state index >= 15 is 0 Å². The number of rotatable bonds is 4. The van der Waals surface area contributed by atoms with Crippen LogP contribution in [0.25, 0.3) is 0 Å². The molecule has 2 N–H and O–H groups in total. The summed E-state index contributed by atoms with van der Waals surface area (Å²) >= 11 is 0. The van der Waals surface area contributed by atoms with Crippen LogP contribution in [-0.4, -0.2) is 23.9 Å². The van der Waals surface area contributed by atoms with Gasteiger partial charge in [-0.05, 0) is 30.4 Å². The van der Waals surface area contributed by atoms with Crippen molar-refractivity contribution in [3.63, 3.8) is 0 Å². The summed E-state index contributed by atoms with van der Waals surface area (Å²) in [6.45, 7) is 10.5.